The van der Waals surface area contributed by atoms with Crippen LogP contribution in [-0.2, 0) is 9.59 Å². The molecule has 1 saturated heterocycles. The number of hydrogen-bond acceptors (Lipinski definition) is 5. The Morgan fingerprint density at radius 1 is 1.06 bits per heavy atom. The van der Waals surface area contributed by atoms with Gasteiger partial charge in [-0.25, -0.2) is 4.39 Å². The minimum absolute atomic E-state index is 0.101. The molecule has 2 aromatic carbocycles. The Bertz CT molecular complexity index is 1150. The molecule has 1 aliphatic rings. The minimum Gasteiger partial charge on any atom is -0.507 e. The molecule has 4 rings (SSSR count). The molecule has 0 bridgehead atoms. The predicted molar refractivity (Wildman–Crippen MR) is 121 cm³/mol. The van der Waals surface area contributed by atoms with Gasteiger partial charge in [0.25, 0.3) is 11.7 Å². The molecule has 33 heavy (non-hydrogen) atoms. The molecule has 1 atom stereocenters. The van der Waals surface area contributed by atoms with Crippen molar-refractivity contribution in [2.75, 3.05) is 11.5 Å². The van der Waals surface area contributed by atoms with Crippen molar-refractivity contribution in [2.45, 2.75) is 32.2 Å². The number of amides is 1. The van der Waals surface area contributed by atoms with E-state index in [4.69, 9.17) is 9.15 Å². The third kappa shape index (κ3) is 4.53. The molecule has 170 valence electrons. The van der Waals surface area contributed by atoms with Gasteiger partial charge in [0.2, 0.25) is 0 Å². The second-order valence-corrected chi connectivity index (χ2v) is 7.74. The van der Waals surface area contributed by atoms with Gasteiger partial charge in [0, 0.05) is 11.3 Å². The molecule has 0 saturated carbocycles. The molecule has 0 radical (unpaired) electrons. The first-order chi connectivity index (χ1) is 16.0. The second-order valence-electron chi connectivity index (χ2n) is 7.74. The third-order valence-corrected chi connectivity index (χ3v) is 5.51. The summed E-state index contributed by atoms with van der Waals surface area (Å²) < 4.78 is 24.6. The highest BCUT2D eigenvalue weighted by Crippen LogP contribution is 2.42. The molecule has 0 spiro atoms. The number of anilines is 1. The maximum absolute atomic E-state index is 13.4. The molecule has 6 nitrogen and oxygen atoms in total. The fraction of sp³-hybridized carbons (Fsp3) is 0.231. The minimum atomic E-state index is -0.990. The van der Waals surface area contributed by atoms with Gasteiger partial charge >= 0.3 is 0 Å². The van der Waals surface area contributed by atoms with E-state index in [2.05, 4.69) is 6.92 Å². The zero-order chi connectivity index (χ0) is 23.4. The van der Waals surface area contributed by atoms with Crippen molar-refractivity contribution in [2.24, 2.45) is 0 Å². The molecule has 1 aromatic heterocycles. The average molecular weight is 449 g/mol. The Labute approximate surface area is 190 Å². The quantitative estimate of drug-likeness (QED) is 0.209. The number of carbonyl (C=O) groups is 2. The van der Waals surface area contributed by atoms with Crippen molar-refractivity contribution in [1.29, 1.82) is 0 Å². The Balaban J connectivity index is 1.70. The number of ketones is 1. The Morgan fingerprint density at radius 3 is 2.42 bits per heavy atom. The molecule has 1 N–H and O–H groups in total. The van der Waals surface area contributed by atoms with Crippen LogP contribution in [0.25, 0.3) is 5.76 Å². The number of hydrogen-bond donors (Lipinski definition) is 1. The lowest BCUT2D eigenvalue weighted by molar-refractivity contribution is -0.132. The molecule has 3 aromatic rings. The highest BCUT2D eigenvalue weighted by molar-refractivity contribution is 6.51. The summed E-state index contributed by atoms with van der Waals surface area (Å²) in [5, 5.41) is 11.1. The van der Waals surface area contributed by atoms with Crippen LogP contribution >= 0.6 is 0 Å². The lowest BCUT2D eigenvalue weighted by Gasteiger charge is -2.23. The number of unbranched alkanes of at least 4 members (excludes halogenated alkanes) is 2. The summed E-state index contributed by atoms with van der Waals surface area (Å²) in [4.78, 5) is 27.1. The molecular formula is C26H24FNO5. The number of rotatable bonds is 8. The van der Waals surface area contributed by atoms with Gasteiger partial charge in [0.1, 0.15) is 29.1 Å². The Kier molecular flexibility index (Phi) is 6.58. The average Bonchev–Trinajstić information content (AvgIpc) is 3.44. The first-order valence-corrected chi connectivity index (χ1v) is 10.8. The van der Waals surface area contributed by atoms with Crippen LogP contribution in [0.5, 0.6) is 5.75 Å². The molecule has 1 amide bonds. The standard InChI is InChI=1S/C26H24FNO5/c1-2-3-4-15-32-20-13-7-17(8-14-20)24(29)22-23(21-6-5-16-33-21)28(26(31)25(22)30)19-11-9-18(27)10-12-19/h5-14,16,23,29H,2-4,15H2,1H3/b24-22-. The summed E-state index contributed by atoms with van der Waals surface area (Å²) in [6.07, 6.45) is 4.56. The van der Waals surface area contributed by atoms with Crippen LogP contribution in [0.2, 0.25) is 0 Å². The van der Waals surface area contributed by atoms with Crippen LogP contribution in [0.3, 0.4) is 0 Å². The summed E-state index contributed by atoms with van der Waals surface area (Å²) in [5.74, 6) is -1.52. The van der Waals surface area contributed by atoms with Crippen LogP contribution < -0.4 is 9.64 Å². The van der Waals surface area contributed by atoms with Crippen LogP contribution in [0, 0.1) is 5.82 Å². The van der Waals surface area contributed by atoms with Gasteiger partial charge < -0.3 is 14.3 Å². The van der Waals surface area contributed by atoms with E-state index < -0.39 is 23.5 Å². The summed E-state index contributed by atoms with van der Waals surface area (Å²) in [5.41, 5.74) is 0.579. The molecule has 1 unspecified atom stereocenters. The van der Waals surface area contributed by atoms with Crippen molar-refractivity contribution in [3.63, 3.8) is 0 Å². The number of ether oxygens (including phenoxy) is 1. The number of benzene rings is 2. The lowest BCUT2D eigenvalue weighted by atomic mass is 9.99. The number of furan rings is 1. The smallest absolute Gasteiger partial charge is 0.300 e. The fourth-order valence-corrected chi connectivity index (χ4v) is 3.82. The molecule has 0 aliphatic carbocycles. The number of aliphatic hydroxyl groups is 1. The van der Waals surface area contributed by atoms with Crippen molar-refractivity contribution in [3.8, 4) is 5.75 Å². The summed E-state index contributed by atoms with van der Waals surface area (Å²) in [6.45, 7) is 2.72. The van der Waals surface area contributed by atoms with E-state index in [-0.39, 0.29) is 11.3 Å². The predicted octanol–water partition coefficient (Wildman–Crippen LogP) is 5.61. The number of nitrogens with zero attached hydrogens (tertiary/aromatic N) is 1. The van der Waals surface area contributed by atoms with E-state index in [0.29, 0.717) is 29.4 Å². The van der Waals surface area contributed by atoms with Gasteiger partial charge in [-0.2, -0.15) is 0 Å². The van der Waals surface area contributed by atoms with Crippen LogP contribution in [0.1, 0.15) is 43.6 Å². The van der Waals surface area contributed by atoms with Crippen molar-refractivity contribution < 1.29 is 28.2 Å². The zero-order valence-electron chi connectivity index (χ0n) is 18.2. The third-order valence-electron chi connectivity index (χ3n) is 5.51. The summed E-state index contributed by atoms with van der Waals surface area (Å²) >= 11 is 0. The van der Waals surface area contributed by atoms with Crippen LogP contribution in [-0.4, -0.2) is 23.4 Å². The van der Waals surface area contributed by atoms with Crippen molar-refractivity contribution >= 4 is 23.1 Å². The molecule has 1 fully saturated rings. The van der Waals surface area contributed by atoms with E-state index >= 15 is 0 Å². The van der Waals surface area contributed by atoms with Gasteiger partial charge in [0.15, 0.2) is 0 Å². The van der Waals surface area contributed by atoms with E-state index in [9.17, 15) is 19.1 Å². The highest BCUT2D eigenvalue weighted by Gasteiger charge is 2.48. The van der Waals surface area contributed by atoms with Gasteiger partial charge in [-0.1, -0.05) is 19.8 Å². The lowest BCUT2D eigenvalue weighted by Crippen LogP contribution is -2.29. The normalized spacial score (nSPS) is 17.5. The van der Waals surface area contributed by atoms with Crippen molar-refractivity contribution in [1.82, 2.24) is 0 Å². The summed E-state index contributed by atoms with van der Waals surface area (Å²) in [6, 6.07) is 14.2. The van der Waals surface area contributed by atoms with Gasteiger partial charge in [-0.3, -0.25) is 14.5 Å². The van der Waals surface area contributed by atoms with E-state index in [1.807, 2.05) is 0 Å². The first kappa shape index (κ1) is 22.3. The second kappa shape index (κ2) is 9.73. The number of aliphatic hydroxyl groups excluding tert-OH is 1. The largest absolute Gasteiger partial charge is 0.507 e. The molecular weight excluding hydrogens is 425 g/mol. The van der Waals surface area contributed by atoms with Gasteiger partial charge in [-0.15, -0.1) is 0 Å². The maximum atomic E-state index is 13.4. The van der Waals surface area contributed by atoms with Crippen molar-refractivity contribution in [3.05, 3.63) is 89.6 Å². The molecule has 1 aliphatic heterocycles. The highest BCUT2D eigenvalue weighted by atomic mass is 19.1. The fourth-order valence-electron chi connectivity index (χ4n) is 3.82. The van der Waals surface area contributed by atoms with E-state index in [1.165, 1.54) is 35.4 Å². The van der Waals surface area contributed by atoms with Gasteiger partial charge in [0.05, 0.1) is 18.4 Å². The van der Waals surface area contributed by atoms with Crippen LogP contribution in [0.4, 0.5) is 10.1 Å². The summed E-state index contributed by atoms with van der Waals surface area (Å²) in [7, 11) is 0. The Morgan fingerprint density at radius 2 is 1.79 bits per heavy atom. The van der Waals surface area contributed by atoms with E-state index in [0.717, 1.165) is 19.3 Å². The monoisotopic (exact) mass is 449 g/mol. The maximum Gasteiger partial charge on any atom is 0.300 e. The number of Topliss-reactive ketones (excluding diaryl/α,β-unsaturated/α-hetero) is 1. The number of carbonyl (C=O) groups excluding carboxylic acids is 2. The van der Waals surface area contributed by atoms with Crippen LogP contribution in [0.15, 0.2) is 76.9 Å². The Hall–Kier alpha value is -3.87. The zero-order valence-corrected chi connectivity index (χ0v) is 18.2. The van der Waals surface area contributed by atoms with E-state index in [1.54, 1.807) is 36.4 Å². The van der Waals surface area contributed by atoms with Gasteiger partial charge in [-0.05, 0) is 67.1 Å². The number of halogens is 1. The topological polar surface area (TPSA) is 80.0 Å². The first-order valence-electron chi connectivity index (χ1n) is 10.8. The molecule has 2 heterocycles. The SMILES string of the molecule is CCCCCOc1ccc(/C(O)=C2/C(=O)C(=O)N(c3ccc(F)cc3)C2c2ccco2)cc1. The molecule has 7 heteroatoms.